The lowest BCUT2D eigenvalue weighted by molar-refractivity contribution is 0.354. The van der Waals surface area contributed by atoms with Crippen LogP contribution in [0.1, 0.15) is 16.0 Å². The molecule has 5 heteroatoms. The molecule has 0 fully saturated rings. The largest absolute Gasteiger partial charge is 0.496 e. The number of hydrogen-bond acceptors (Lipinski definition) is 3. The molecule has 0 aliphatic carbocycles. The van der Waals surface area contributed by atoms with E-state index in [1.165, 1.54) is 0 Å². The third kappa shape index (κ3) is 3.35. The van der Waals surface area contributed by atoms with Gasteiger partial charge in [0.05, 0.1) is 26.2 Å². The van der Waals surface area contributed by atoms with Crippen molar-refractivity contribution in [3.8, 4) is 17.2 Å². The zero-order valence-corrected chi connectivity index (χ0v) is 15.2. The summed E-state index contributed by atoms with van der Waals surface area (Å²) in [5, 5.41) is 0. The van der Waals surface area contributed by atoms with Gasteiger partial charge in [0.1, 0.15) is 5.75 Å². The molecule has 1 unspecified atom stereocenters. The molecule has 2 aromatic rings. The maximum Gasteiger partial charge on any atom is 0.161 e. The Labute approximate surface area is 141 Å². The minimum absolute atomic E-state index is 0.0252. The number of hydrogen-bond donors (Lipinski definition) is 0. The molecule has 0 spiro atoms. The molecule has 3 nitrogen and oxygen atoms in total. The summed E-state index contributed by atoms with van der Waals surface area (Å²) in [6, 6.07) is 11.8. The zero-order chi connectivity index (χ0) is 15.4. The van der Waals surface area contributed by atoms with Gasteiger partial charge in [-0.05, 0) is 23.8 Å². The molecule has 0 aromatic heterocycles. The molecule has 2 aromatic carbocycles. The maximum atomic E-state index is 5.43. The van der Waals surface area contributed by atoms with Crippen LogP contribution in [0.25, 0.3) is 0 Å². The number of ether oxygens (including phenoxy) is 3. The molecule has 0 aliphatic heterocycles. The van der Waals surface area contributed by atoms with Gasteiger partial charge in [-0.15, -0.1) is 0 Å². The highest BCUT2D eigenvalue weighted by Crippen LogP contribution is 2.43. The van der Waals surface area contributed by atoms with Crippen molar-refractivity contribution in [2.45, 2.75) is 4.83 Å². The van der Waals surface area contributed by atoms with E-state index in [0.717, 1.165) is 21.3 Å². The maximum absolute atomic E-state index is 5.43. The van der Waals surface area contributed by atoms with Crippen molar-refractivity contribution in [3.05, 3.63) is 52.0 Å². The molecule has 0 aliphatic rings. The lowest BCUT2D eigenvalue weighted by Crippen LogP contribution is -2.00. The first kappa shape index (κ1) is 16.2. The van der Waals surface area contributed by atoms with E-state index in [1.807, 2.05) is 36.4 Å². The molecule has 2 rings (SSSR count). The SMILES string of the molecule is COc1cc(Br)c(C(Br)c2ccccc2OC)cc1OC. The number of para-hydroxylation sites is 1. The molecule has 0 N–H and O–H groups in total. The molecular formula is C16H16Br2O3. The van der Waals surface area contributed by atoms with Crippen LogP contribution in [0.4, 0.5) is 0 Å². The summed E-state index contributed by atoms with van der Waals surface area (Å²) in [6.07, 6.45) is 0. The van der Waals surface area contributed by atoms with E-state index in [0.29, 0.717) is 11.5 Å². The summed E-state index contributed by atoms with van der Waals surface area (Å²) in [4.78, 5) is -0.0252. The third-order valence-corrected chi connectivity index (χ3v) is 4.86. The Balaban J connectivity index is 2.50. The van der Waals surface area contributed by atoms with E-state index in [4.69, 9.17) is 14.2 Å². The summed E-state index contributed by atoms with van der Waals surface area (Å²) in [6.45, 7) is 0. The quantitative estimate of drug-likeness (QED) is 0.646. The lowest BCUT2D eigenvalue weighted by Gasteiger charge is -2.18. The fourth-order valence-corrected chi connectivity index (χ4v) is 3.72. The first-order valence-electron chi connectivity index (χ1n) is 6.30. The second kappa shape index (κ2) is 7.18. The highest BCUT2D eigenvalue weighted by molar-refractivity contribution is 9.11. The molecule has 0 heterocycles. The Morgan fingerprint density at radius 1 is 0.810 bits per heavy atom. The van der Waals surface area contributed by atoms with E-state index < -0.39 is 0 Å². The van der Waals surface area contributed by atoms with E-state index in [9.17, 15) is 0 Å². The summed E-state index contributed by atoms with van der Waals surface area (Å²) in [7, 11) is 4.92. The van der Waals surface area contributed by atoms with Crippen molar-refractivity contribution >= 4 is 31.9 Å². The number of benzene rings is 2. The Bertz CT molecular complexity index is 629. The van der Waals surface area contributed by atoms with Crippen LogP contribution >= 0.6 is 31.9 Å². The van der Waals surface area contributed by atoms with Gasteiger partial charge < -0.3 is 14.2 Å². The minimum atomic E-state index is -0.0252. The van der Waals surface area contributed by atoms with E-state index in [2.05, 4.69) is 31.9 Å². The van der Waals surface area contributed by atoms with Crippen LogP contribution in [0.2, 0.25) is 0 Å². The zero-order valence-electron chi connectivity index (χ0n) is 12.0. The van der Waals surface area contributed by atoms with Crippen LogP contribution in [-0.2, 0) is 0 Å². The molecule has 0 saturated heterocycles. The van der Waals surface area contributed by atoms with Crippen molar-refractivity contribution in [3.63, 3.8) is 0 Å². The van der Waals surface area contributed by atoms with Crippen LogP contribution in [0.3, 0.4) is 0 Å². The fourth-order valence-electron chi connectivity index (χ4n) is 2.11. The van der Waals surface area contributed by atoms with Gasteiger partial charge in [-0.2, -0.15) is 0 Å². The topological polar surface area (TPSA) is 27.7 Å². The van der Waals surface area contributed by atoms with Crippen molar-refractivity contribution in [1.29, 1.82) is 0 Å². The number of rotatable bonds is 5. The number of methoxy groups -OCH3 is 3. The normalized spacial score (nSPS) is 11.9. The van der Waals surface area contributed by atoms with Crippen LogP contribution < -0.4 is 14.2 Å². The van der Waals surface area contributed by atoms with Crippen molar-refractivity contribution in [2.24, 2.45) is 0 Å². The highest BCUT2D eigenvalue weighted by atomic mass is 79.9. The second-order valence-corrected chi connectivity index (χ2v) is 6.10. The Kier molecular flexibility index (Phi) is 5.53. The predicted molar refractivity (Wildman–Crippen MR) is 91.0 cm³/mol. The average molecular weight is 416 g/mol. The molecule has 0 amide bonds. The summed E-state index contributed by atoms with van der Waals surface area (Å²) < 4.78 is 17.0. The van der Waals surface area contributed by atoms with E-state index >= 15 is 0 Å². The van der Waals surface area contributed by atoms with Crippen LogP contribution in [0, 0.1) is 0 Å². The monoisotopic (exact) mass is 414 g/mol. The molecule has 1 atom stereocenters. The van der Waals surface area contributed by atoms with Gasteiger partial charge in [0.15, 0.2) is 11.5 Å². The highest BCUT2D eigenvalue weighted by Gasteiger charge is 2.20. The van der Waals surface area contributed by atoms with E-state index in [1.54, 1.807) is 21.3 Å². The van der Waals surface area contributed by atoms with Gasteiger partial charge in [0.2, 0.25) is 0 Å². The van der Waals surface area contributed by atoms with Crippen LogP contribution in [0.15, 0.2) is 40.9 Å². The summed E-state index contributed by atoms with van der Waals surface area (Å²) in [5.41, 5.74) is 2.09. The fraction of sp³-hybridized carbons (Fsp3) is 0.250. The Morgan fingerprint density at radius 2 is 1.38 bits per heavy atom. The van der Waals surface area contributed by atoms with Crippen LogP contribution in [0.5, 0.6) is 17.2 Å². The Hall–Kier alpha value is -1.20. The number of halogens is 2. The van der Waals surface area contributed by atoms with Gasteiger partial charge >= 0.3 is 0 Å². The molecule has 112 valence electrons. The molecular weight excluding hydrogens is 400 g/mol. The lowest BCUT2D eigenvalue weighted by atomic mass is 10.0. The van der Waals surface area contributed by atoms with E-state index in [-0.39, 0.29) is 4.83 Å². The van der Waals surface area contributed by atoms with Gasteiger partial charge in [-0.25, -0.2) is 0 Å². The number of alkyl halides is 1. The predicted octanol–water partition coefficient (Wildman–Crippen LogP) is 4.96. The standard InChI is InChI=1S/C16H16Br2O3/c1-19-13-7-5-4-6-10(13)16(18)11-8-14(20-2)15(21-3)9-12(11)17/h4-9,16H,1-3H3. The molecule has 0 radical (unpaired) electrons. The molecule has 0 bridgehead atoms. The van der Waals surface area contributed by atoms with Gasteiger partial charge in [0.25, 0.3) is 0 Å². The van der Waals surface area contributed by atoms with Gasteiger partial charge in [-0.1, -0.05) is 50.1 Å². The van der Waals surface area contributed by atoms with Crippen LogP contribution in [-0.4, -0.2) is 21.3 Å². The first-order chi connectivity index (χ1) is 10.1. The van der Waals surface area contributed by atoms with Crippen molar-refractivity contribution in [1.82, 2.24) is 0 Å². The minimum Gasteiger partial charge on any atom is -0.496 e. The third-order valence-electron chi connectivity index (χ3n) is 3.19. The smallest absolute Gasteiger partial charge is 0.161 e. The summed E-state index contributed by atoms with van der Waals surface area (Å²) >= 11 is 7.33. The van der Waals surface area contributed by atoms with Gasteiger partial charge in [-0.3, -0.25) is 0 Å². The second-order valence-electron chi connectivity index (χ2n) is 4.33. The average Bonchev–Trinajstić information content (AvgIpc) is 2.53. The Morgan fingerprint density at radius 3 is 2.00 bits per heavy atom. The van der Waals surface area contributed by atoms with Gasteiger partial charge in [0, 0.05) is 10.0 Å². The summed E-state index contributed by atoms with van der Waals surface area (Å²) in [5.74, 6) is 2.21. The van der Waals surface area contributed by atoms with Crippen molar-refractivity contribution in [2.75, 3.05) is 21.3 Å². The molecule has 0 saturated carbocycles. The van der Waals surface area contributed by atoms with Crippen molar-refractivity contribution < 1.29 is 14.2 Å². The molecule has 21 heavy (non-hydrogen) atoms. The first-order valence-corrected chi connectivity index (χ1v) is 8.01.